The predicted octanol–water partition coefficient (Wildman–Crippen LogP) is 3.39. The number of hydrogen-bond donors (Lipinski definition) is 2. The van der Waals surface area contributed by atoms with Gasteiger partial charge in [0.05, 0.1) is 6.10 Å². The highest BCUT2D eigenvalue weighted by Crippen LogP contribution is 2.37. The van der Waals surface area contributed by atoms with Crippen molar-refractivity contribution in [2.75, 3.05) is 6.54 Å². The third kappa shape index (κ3) is 3.49. The zero-order valence-electron chi connectivity index (χ0n) is 11.9. The Kier molecular flexibility index (Phi) is 4.32. The van der Waals surface area contributed by atoms with E-state index in [2.05, 4.69) is 5.32 Å². The molecule has 1 aliphatic rings. The normalized spacial score (nSPS) is 22.6. The maximum atomic E-state index is 13.2. The van der Waals surface area contributed by atoms with Crippen LogP contribution in [0.15, 0.2) is 54.6 Å². The minimum Gasteiger partial charge on any atom is -0.387 e. The van der Waals surface area contributed by atoms with Gasteiger partial charge in [0, 0.05) is 12.6 Å². The number of halogens is 1. The van der Waals surface area contributed by atoms with Crippen LogP contribution in [0.25, 0.3) is 0 Å². The van der Waals surface area contributed by atoms with Gasteiger partial charge in [0.25, 0.3) is 0 Å². The standard InChI is InChI=1S/C18H20FNO/c19-16-8-4-7-14(9-16)15-10-17(11-15)20-12-18(21)13-5-2-1-3-6-13/h1-9,15,17-18,20-21H,10-12H2. The molecule has 1 fully saturated rings. The minimum absolute atomic E-state index is 0.164. The fraction of sp³-hybridized carbons (Fsp3) is 0.333. The second-order valence-electron chi connectivity index (χ2n) is 5.75. The largest absolute Gasteiger partial charge is 0.387 e. The second kappa shape index (κ2) is 6.37. The number of nitrogens with one attached hydrogen (secondary N) is 1. The fourth-order valence-corrected chi connectivity index (χ4v) is 2.89. The molecule has 110 valence electrons. The third-order valence-electron chi connectivity index (χ3n) is 4.24. The van der Waals surface area contributed by atoms with Gasteiger partial charge < -0.3 is 10.4 Å². The first kappa shape index (κ1) is 14.2. The average molecular weight is 285 g/mol. The molecule has 1 saturated carbocycles. The van der Waals surface area contributed by atoms with Crippen LogP contribution in [0, 0.1) is 5.82 Å². The molecule has 3 rings (SSSR count). The molecule has 2 nitrogen and oxygen atoms in total. The lowest BCUT2D eigenvalue weighted by Crippen LogP contribution is -2.41. The molecule has 0 amide bonds. The molecule has 21 heavy (non-hydrogen) atoms. The summed E-state index contributed by atoms with van der Waals surface area (Å²) in [6, 6.07) is 17.0. The molecule has 0 saturated heterocycles. The van der Waals surface area contributed by atoms with Crippen molar-refractivity contribution in [2.24, 2.45) is 0 Å². The number of rotatable bonds is 5. The van der Waals surface area contributed by atoms with Crippen molar-refractivity contribution < 1.29 is 9.50 Å². The van der Waals surface area contributed by atoms with Gasteiger partial charge >= 0.3 is 0 Å². The van der Waals surface area contributed by atoms with Gasteiger partial charge in [0.2, 0.25) is 0 Å². The zero-order chi connectivity index (χ0) is 14.7. The van der Waals surface area contributed by atoms with Crippen LogP contribution in [-0.2, 0) is 0 Å². The Balaban J connectivity index is 1.45. The van der Waals surface area contributed by atoms with E-state index in [1.165, 1.54) is 6.07 Å². The summed E-state index contributed by atoms with van der Waals surface area (Å²) >= 11 is 0. The zero-order valence-corrected chi connectivity index (χ0v) is 11.9. The van der Waals surface area contributed by atoms with E-state index in [1.807, 2.05) is 36.4 Å². The lowest BCUT2D eigenvalue weighted by molar-refractivity contribution is 0.157. The van der Waals surface area contributed by atoms with Gasteiger partial charge in [0.15, 0.2) is 0 Å². The summed E-state index contributed by atoms with van der Waals surface area (Å²) in [5.41, 5.74) is 2.02. The highest BCUT2D eigenvalue weighted by Gasteiger charge is 2.30. The molecule has 2 N–H and O–H groups in total. The molecule has 0 bridgehead atoms. The van der Waals surface area contributed by atoms with Crippen LogP contribution in [0.3, 0.4) is 0 Å². The van der Waals surface area contributed by atoms with Crippen LogP contribution in [0.2, 0.25) is 0 Å². The molecule has 2 aromatic rings. The van der Waals surface area contributed by atoms with Gasteiger partial charge in [-0.15, -0.1) is 0 Å². The van der Waals surface area contributed by atoms with Crippen LogP contribution in [-0.4, -0.2) is 17.7 Å². The lowest BCUT2D eigenvalue weighted by Gasteiger charge is -2.37. The van der Waals surface area contributed by atoms with E-state index < -0.39 is 6.10 Å². The molecule has 0 radical (unpaired) electrons. The molecule has 0 spiro atoms. The summed E-state index contributed by atoms with van der Waals surface area (Å²) in [6.45, 7) is 0.560. The van der Waals surface area contributed by atoms with Crippen LogP contribution in [0.1, 0.15) is 36.0 Å². The summed E-state index contributed by atoms with van der Waals surface area (Å²) < 4.78 is 13.2. The maximum absolute atomic E-state index is 13.2. The molecular weight excluding hydrogens is 265 g/mol. The summed E-state index contributed by atoms with van der Waals surface area (Å²) in [5, 5.41) is 13.5. The van der Waals surface area contributed by atoms with E-state index in [0.29, 0.717) is 18.5 Å². The Morgan fingerprint density at radius 1 is 1.10 bits per heavy atom. The van der Waals surface area contributed by atoms with Crippen LogP contribution >= 0.6 is 0 Å². The molecule has 0 heterocycles. The Bertz CT molecular complexity index is 581. The quantitative estimate of drug-likeness (QED) is 0.882. The molecule has 1 aliphatic carbocycles. The highest BCUT2D eigenvalue weighted by atomic mass is 19.1. The average Bonchev–Trinajstić information content (AvgIpc) is 2.46. The highest BCUT2D eigenvalue weighted by molar-refractivity contribution is 5.24. The van der Waals surface area contributed by atoms with Crippen molar-refractivity contribution >= 4 is 0 Å². The van der Waals surface area contributed by atoms with E-state index in [9.17, 15) is 9.50 Å². The topological polar surface area (TPSA) is 32.3 Å². The Hall–Kier alpha value is -1.71. The number of aliphatic hydroxyl groups excluding tert-OH is 1. The summed E-state index contributed by atoms with van der Waals surface area (Å²) in [6.07, 6.45) is 1.54. The van der Waals surface area contributed by atoms with Crippen LogP contribution < -0.4 is 5.32 Å². The van der Waals surface area contributed by atoms with Gasteiger partial charge in [-0.05, 0) is 42.0 Å². The SMILES string of the molecule is OC(CNC1CC(c2cccc(F)c2)C1)c1ccccc1. The molecule has 1 atom stereocenters. The van der Waals surface area contributed by atoms with E-state index in [1.54, 1.807) is 12.1 Å². The van der Waals surface area contributed by atoms with Crippen molar-refractivity contribution in [1.82, 2.24) is 5.32 Å². The van der Waals surface area contributed by atoms with Crippen molar-refractivity contribution in [3.05, 3.63) is 71.5 Å². The van der Waals surface area contributed by atoms with Gasteiger partial charge in [-0.25, -0.2) is 4.39 Å². The van der Waals surface area contributed by atoms with Gasteiger partial charge in [-0.3, -0.25) is 0 Å². The molecule has 3 heteroatoms. The summed E-state index contributed by atoms with van der Waals surface area (Å²) in [4.78, 5) is 0. The first-order valence-corrected chi connectivity index (χ1v) is 7.44. The van der Waals surface area contributed by atoms with E-state index in [-0.39, 0.29) is 5.82 Å². The third-order valence-corrected chi connectivity index (χ3v) is 4.24. The van der Waals surface area contributed by atoms with Gasteiger partial charge in [-0.2, -0.15) is 0 Å². The van der Waals surface area contributed by atoms with E-state index >= 15 is 0 Å². The van der Waals surface area contributed by atoms with Crippen LogP contribution in [0.4, 0.5) is 4.39 Å². The molecule has 2 aromatic carbocycles. The molecule has 0 aliphatic heterocycles. The molecule has 1 unspecified atom stereocenters. The Labute approximate surface area is 124 Å². The Morgan fingerprint density at radius 3 is 2.57 bits per heavy atom. The number of benzene rings is 2. The van der Waals surface area contributed by atoms with E-state index in [0.717, 1.165) is 24.0 Å². The lowest BCUT2D eigenvalue weighted by atomic mass is 9.76. The number of aliphatic hydroxyl groups is 1. The second-order valence-corrected chi connectivity index (χ2v) is 5.75. The van der Waals surface area contributed by atoms with Gasteiger partial charge in [0.1, 0.15) is 5.82 Å². The number of hydrogen-bond acceptors (Lipinski definition) is 2. The first-order chi connectivity index (χ1) is 10.2. The van der Waals surface area contributed by atoms with Crippen molar-refractivity contribution in [2.45, 2.75) is 30.9 Å². The monoisotopic (exact) mass is 285 g/mol. The van der Waals surface area contributed by atoms with Crippen molar-refractivity contribution in [3.8, 4) is 0 Å². The predicted molar refractivity (Wildman–Crippen MR) is 81.6 cm³/mol. The van der Waals surface area contributed by atoms with Crippen molar-refractivity contribution in [1.29, 1.82) is 0 Å². The fourth-order valence-electron chi connectivity index (χ4n) is 2.89. The maximum Gasteiger partial charge on any atom is 0.123 e. The summed E-state index contributed by atoms with van der Waals surface area (Å²) in [7, 11) is 0. The molecular formula is C18H20FNO. The van der Waals surface area contributed by atoms with Crippen LogP contribution in [0.5, 0.6) is 0 Å². The van der Waals surface area contributed by atoms with E-state index in [4.69, 9.17) is 0 Å². The van der Waals surface area contributed by atoms with Crippen molar-refractivity contribution in [3.63, 3.8) is 0 Å². The minimum atomic E-state index is -0.473. The van der Waals surface area contributed by atoms with Gasteiger partial charge in [-0.1, -0.05) is 42.5 Å². The Morgan fingerprint density at radius 2 is 1.86 bits per heavy atom. The summed E-state index contributed by atoms with van der Waals surface area (Å²) in [5.74, 6) is 0.274. The molecule has 0 aromatic heterocycles. The smallest absolute Gasteiger partial charge is 0.123 e. The first-order valence-electron chi connectivity index (χ1n) is 7.44.